The summed E-state index contributed by atoms with van der Waals surface area (Å²) < 4.78 is 25.0. The van der Waals surface area contributed by atoms with Crippen LogP contribution in [0.2, 0.25) is 5.02 Å². The van der Waals surface area contributed by atoms with Crippen LogP contribution < -0.4 is 0 Å². The van der Waals surface area contributed by atoms with E-state index >= 15 is 0 Å². The van der Waals surface area contributed by atoms with Crippen molar-refractivity contribution in [2.24, 2.45) is 5.92 Å². The summed E-state index contributed by atoms with van der Waals surface area (Å²) >= 11 is 6.14. The summed E-state index contributed by atoms with van der Waals surface area (Å²) in [5.74, 6) is -0.129. The van der Waals surface area contributed by atoms with E-state index in [2.05, 4.69) is 0 Å². The zero-order valence-corrected chi connectivity index (χ0v) is 13.8. The highest BCUT2D eigenvalue weighted by molar-refractivity contribution is 7.91. The van der Waals surface area contributed by atoms with Crippen molar-refractivity contribution >= 4 is 27.3 Å². The molecule has 0 aliphatic carbocycles. The largest absolute Gasteiger partial charge is 0.341 e. The summed E-state index contributed by atoms with van der Waals surface area (Å²) in [6.07, 6.45) is 0.393. The zero-order chi connectivity index (χ0) is 15.6. The normalized spacial score (nSPS) is 22.1. The third-order valence-electron chi connectivity index (χ3n) is 3.80. The Morgan fingerprint density at radius 1 is 1.29 bits per heavy atom. The minimum Gasteiger partial charge on any atom is -0.341 e. The van der Waals surface area contributed by atoms with Crippen LogP contribution in [0, 0.1) is 5.92 Å². The molecule has 1 saturated heterocycles. The van der Waals surface area contributed by atoms with E-state index in [1.54, 1.807) is 29.2 Å². The number of hydrogen-bond donors (Lipinski definition) is 0. The molecular weight excluding hydrogens is 310 g/mol. The van der Waals surface area contributed by atoms with E-state index in [9.17, 15) is 13.2 Å². The molecule has 0 bridgehead atoms. The first-order valence-electron chi connectivity index (χ1n) is 7.07. The molecule has 1 fully saturated rings. The third kappa shape index (κ3) is 3.58. The molecule has 2 rings (SSSR count). The summed E-state index contributed by atoms with van der Waals surface area (Å²) in [6.45, 7) is 4.37. The average molecular weight is 330 g/mol. The van der Waals surface area contributed by atoms with E-state index in [-0.39, 0.29) is 24.1 Å². The van der Waals surface area contributed by atoms with Crippen LogP contribution in [0.4, 0.5) is 0 Å². The number of sulfone groups is 1. The molecule has 21 heavy (non-hydrogen) atoms. The van der Waals surface area contributed by atoms with Gasteiger partial charge in [-0.2, -0.15) is 0 Å². The highest BCUT2D eigenvalue weighted by Crippen LogP contribution is 2.33. The highest BCUT2D eigenvalue weighted by atomic mass is 35.5. The van der Waals surface area contributed by atoms with E-state index in [4.69, 9.17) is 11.6 Å². The first kappa shape index (κ1) is 16.3. The molecule has 0 radical (unpaired) electrons. The van der Waals surface area contributed by atoms with Gasteiger partial charge in [0.15, 0.2) is 9.84 Å². The lowest BCUT2D eigenvalue weighted by Crippen LogP contribution is -2.36. The minimum absolute atomic E-state index is 0.00464. The predicted molar refractivity (Wildman–Crippen MR) is 84.0 cm³/mol. The highest BCUT2D eigenvalue weighted by Gasteiger charge is 2.34. The first-order valence-corrected chi connectivity index (χ1v) is 9.17. The maximum absolute atomic E-state index is 12.5. The second kappa shape index (κ2) is 6.36. The van der Waals surface area contributed by atoms with Gasteiger partial charge >= 0.3 is 0 Å². The molecule has 1 aromatic rings. The van der Waals surface area contributed by atoms with Crippen LogP contribution in [0.1, 0.15) is 31.1 Å². The summed E-state index contributed by atoms with van der Waals surface area (Å²) in [6, 6.07) is 7.03. The molecule has 0 aromatic heterocycles. The van der Waals surface area contributed by atoms with Crippen LogP contribution >= 0.6 is 11.6 Å². The van der Waals surface area contributed by atoms with Crippen LogP contribution in [-0.2, 0) is 14.6 Å². The molecule has 1 amide bonds. The summed E-state index contributed by atoms with van der Waals surface area (Å²) in [5.41, 5.74) is 0.637. The number of carbonyl (C=O) groups is 1. The van der Waals surface area contributed by atoms with Crippen molar-refractivity contribution in [3.05, 3.63) is 34.9 Å². The van der Waals surface area contributed by atoms with Crippen molar-refractivity contribution in [1.82, 2.24) is 4.90 Å². The van der Waals surface area contributed by atoms with E-state index < -0.39 is 15.1 Å². The molecule has 1 heterocycles. The van der Waals surface area contributed by atoms with E-state index in [1.807, 2.05) is 13.8 Å². The monoisotopic (exact) mass is 329 g/mol. The average Bonchev–Trinajstić information content (AvgIpc) is 2.57. The number of hydrogen-bond acceptors (Lipinski definition) is 3. The molecule has 1 atom stereocenters. The van der Waals surface area contributed by atoms with E-state index in [0.29, 0.717) is 23.6 Å². The smallest absolute Gasteiger partial charge is 0.225 e. The van der Waals surface area contributed by atoms with E-state index in [1.165, 1.54) is 0 Å². The van der Waals surface area contributed by atoms with Gasteiger partial charge in [0, 0.05) is 24.0 Å². The molecule has 1 unspecified atom stereocenters. The van der Waals surface area contributed by atoms with Crippen molar-refractivity contribution in [2.45, 2.75) is 25.5 Å². The van der Waals surface area contributed by atoms with Gasteiger partial charge in [0.25, 0.3) is 0 Å². The number of amides is 1. The Kier molecular flexibility index (Phi) is 4.94. The Balaban J connectivity index is 2.28. The topological polar surface area (TPSA) is 54.5 Å². The first-order chi connectivity index (χ1) is 9.83. The Morgan fingerprint density at radius 3 is 2.57 bits per heavy atom. The molecular formula is C15H20ClNO3S. The molecule has 0 N–H and O–H groups in total. The van der Waals surface area contributed by atoms with Gasteiger partial charge in [-0.3, -0.25) is 4.79 Å². The predicted octanol–water partition coefficient (Wildman–Crippen LogP) is 2.68. The van der Waals surface area contributed by atoms with Crippen LogP contribution in [0.25, 0.3) is 0 Å². The number of nitrogens with zero attached hydrogens (tertiary/aromatic N) is 1. The molecule has 6 heteroatoms. The second-order valence-corrected chi connectivity index (χ2v) is 8.36. The number of halogens is 1. The van der Waals surface area contributed by atoms with Gasteiger partial charge in [0.1, 0.15) is 0 Å². The Hall–Kier alpha value is -1.07. The molecule has 1 aromatic carbocycles. The van der Waals surface area contributed by atoms with Crippen LogP contribution in [0.3, 0.4) is 0 Å². The Bertz CT molecular complexity index is 628. The SMILES string of the molecule is CC(C)C(=O)N1CCC(c2ccccc2Cl)S(=O)(=O)CC1. The Labute approximate surface area is 131 Å². The van der Waals surface area contributed by atoms with Crippen LogP contribution in [0.15, 0.2) is 24.3 Å². The maximum Gasteiger partial charge on any atom is 0.225 e. The fourth-order valence-corrected chi connectivity index (χ4v) is 4.76. The summed E-state index contributed by atoms with van der Waals surface area (Å²) in [4.78, 5) is 13.7. The van der Waals surface area contributed by atoms with Crippen molar-refractivity contribution in [1.29, 1.82) is 0 Å². The molecule has 0 spiro atoms. The molecule has 1 aliphatic heterocycles. The van der Waals surface area contributed by atoms with Crippen molar-refractivity contribution < 1.29 is 13.2 Å². The van der Waals surface area contributed by atoms with E-state index in [0.717, 1.165) is 0 Å². The number of carbonyl (C=O) groups excluding carboxylic acids is 1. The van der Waals surface area contributed by atoms with Gasteiger partial charge < -0.3 is 4.90 Å². The third-order valence-corrected chi connectivity index (χ3v) is 6.25. The molecule has 116 valence electrons. The lowest BCUT2D eigenvalue weighted by atomic mass is 10.1. The van der Waals surface area contributed by atoms with Gasteiger partial charge in [0.05, 0.1) is 11.0 Å². The summed E-state index contributed by atoms with van der Waals surface area (Å²) in [5, 5.41) is -0.161. The van der Waals surface area contributed by atoms with Gasteiger partial charge in [-0.1, -0.05) is 43.6 Å². The van der Waals surface area contributed by atoms with Crippen molar-refractivity contribution in [3.63, 3.8) is 0 Å². The van der Waals surface area contributed by atoms with Gasteiger partial charge in [-0.05, 0) is 18.1 Å². The van der Waals surface area contributed by atoms with Gasteiger partial charge in [-0.15, -0.1) is 0 Å². The van der Waals surface area contributed by atoms with Gasteiger partial charge in [0.2, 0.25) is 5.91 Å². The maximum atomic E-state index is 12.5. The fourth-order valence-electron chi connectivity index (χ4n) is 2.61. The number of benzene rings is 1. The quantitative estimate of drug-likeness (QED) is 0.838. The molecule has 1 aliphatic rings. The van der Waals surface area contributed by atoms with Gasteiger partial charge in [-0.25, -0.2) is 8.42 Å². The number of rotatable bonds is 2. The van der Waals surface area contributed by atoms with Crippen LogP contribution in [-0.4, -0.2) is 38.1 Å². The fraction of sp³-hybridized carbons (Fsp3) is 0.533. The lowest BCUT2D eigenvalue weighted by Gasteiger charge is -2.22. The lowest BCUT2D eigenvalue weighted by molar-refractivity contribution is -0.134. The standard InChI is InChI=1S/C15H20ClNO3S/c1-11(2)15(18)17-8-7-14(21(19,20)10-9-17)12-5-3-4-6-13(12)16/h3-6,11,14H,7-10H2,1-2H3. The van der Waals surface area contributed by atoms with Crippen molar-refractivity contribution in [3.8, 4) is 0 Å². The molecule has 0 saturated carbocycles. The van der Waals surface area contributed by atoms with Crippen molar-refractivity contribution in [2.75, 3.05) is 18.8 Å². The Morgan fingerprint density at radius 2 is 1.95 bits per heavy atom. The minimum atomic E-state index is -3.31. The van der Waals surface area contributed by atoms with Crippen LogP contribution in [0.5, 0.6) is 0 Å². The molecule has 4 nitrogen and oxygen atoms in total. The zero-order valence-electron chi connectivity index (χ0n) is 12.3. The summed E-state index contributed by atoms with van der Waals surface area (Å²) in [7, 11) is -3.31. The second-order valence-electron chi connectivity index (χ2n) is 5.65.